The summed E-state index contributed by atoms with van der Waals surface area (Å²) in [6.45, 7) is 1.14. The van der Waals surface area contributed by atoms with Gasteiger partial charge in [0.1, 0.15) is 0 Å². The number of anilines is 1. The van der Waals surface area contributed by atoms with E-state index >= 15 is 0 Å². The molecule has 2 rings (SSSR count). The summed E-state index contributed by atoms with van der Waals surface area (Å²) in [5.41, 5.74) is 0.278. The van der Waals surface area contributed by atoms with Crippen molar-refractivity contribution in [3.05, 3.63) is 28.2 Å². The van der Waals surface area contributed by atoms with E-state index in [1.807, 2.05) is 0 Å². The number of carboxylic acids is 1. The van der Waals surface area contributed by atoms with Crippen LogP contribution in [0.15, 0.2) is 22.7 Å². The van der Waals surface area contributed by atoms with E-state index in [0.717, 1.165) is 25.9 Å². The van der Waals surface area contributed by atoms with Gasteiger partial charge in [-0.2, -0.15) is 0 Å². The van der Waals surface area contributed by atoms with Crippen molar-refractivity contribution < 1.29 is 19.4 Å². The molecule has 0 aliphatic carbocycles. The van der Waals surface area contributed by atoms with Gasteiger partial charge in [-0.05, 0) is 47.3 Å². The third-order valence-electron chi connectivity index (χ3n) is 3.25. The summed E-state index contributed by atoms with van der Waals surface area (Å²) in [4.78, 5) is 23.0. The van der Waals surface area contributed by atoms with Gasteiger partial charge < -0.3 is 20.5 Å². The van der Waals surface area contributed by atoms with Gasteiger partial charge in [0.15, 0.2) is 0 Å². The SMILES string of the molecule is O=C(NCC1CCCCO1)Nc1c(Br)cccc1C(=O)O. The van der Waals surface area contributed by atoms with Crippen LogP contribution in [-0.4, -0.2) is 36.4 Å². The van der Waals surface area contributed by atoms with Crippen molar-refractivity contribution in [1.82, 2.24) is 5.32 Å². The van der Waals surface area contributed by atoms with Crippen LogP contribution in [0.4, 0.5) is 10.5 Å². The Morgan fingerprint density at radius 2 is 2.19 bits per heavy atom. The molecule has 0 radical (unpaired) electrons. The normalized spacial score (nSPS) is 18.0. The number of aromatic carboxylic acids is 1. The Balaban J connectivity index is 1.94. The number of ether oxygens (including phenoxy) is 1. The van der Waals surface area contributed by atoms with E-state index in [9.17, 15) is 9.59 Å². The predicted molar refractivity (Wildman–Crippen MR) is 81.7 cm³/mol. The minimum absolute atomic E-state index is 0.0302. The first-order valence-corrected chi connectivity index (χ1v) is 7.55. The molecule has 7 heteroatoms. The second kappa shape index (κ2) is 7.42. The molecule has 3 N–H and O–H groups in total. The van der Waals surface area contributed by atoms with Gasteiger partial charge in [0.05, 0.1) is 17.4 Å². The highest BCUT2D eigenvalue weighted by Gasteiger charge is 2.17. The van der Waals surface area contributed by atoms with Crippen molar-refractivity contribution in [2.24, 2.45) is 0 Å². The number of hydrogen-bond acceptors (Lipinski definition) is 3. The van der Waals surface area contributed by atoms with E-state index in [0.29, 0.717) is 11.0 Å². The summed E-state index contributed by atoms with van der Waals surface area (Å²) in [6.07, 6.45) is 3.11. The Morgan fingerprint density at radius 3 is 2.86 bits per heavy atom. The largest absolute Gasteiger partial charge is 0.478 e. The van der Waals surface area contributed by atoms with E-state index < -0.39 is 12.0 Å². The molecule has 6 nitrogen and oxygen atoms in total. The first-order valence-electron chi connectivity index (χ1n) is 6.76. The topological polar surface area (TPSA) is 87.7 Å². The van der Waals surface area contributed by atoms with Crippen LogP contribution in [0, 0.1) is 0 Å². The van der Waals surface area contributed by atoms with Gasteiger partial charge in [0.2, 0.25) is 0 Å². The minimum Gasteiger partial charge on any atom is -0.478 e. The highest BCUT2D eigenvalue weighted by atomic mass is 79.9. The molecule has 1 fully saturated rings. The zero-order chi connectivity index (χ0) is 15.2. The van der Waals surface area contributed by atoms with Crippen molar-refractivity contribution in [2.45, 2.75) is 25.4 Å². The highest BCUT2D eigenvalue weighted by Crippen LogP contribution is 2.26. The van der Waals surface area contributed by atoms with E-state index in [1.165, 1.54) is 6.07 Å². The Labute approximate surface area is 131 Å². The fraction of sp³-hybridized carbons (Fsp3) is 0.429. The number of hydrogen-bond donors (Lipinski definition) is 3. The molecule has 1 aromatic carbocycles. The molecule has 1 aliphatic rings. The maximum atomic E-state index is 11.9. The van der Waals surface area contributed by atoms with Crippen molar-refractivity contribution in [1.29, 1.82) is 0 Å². The third-order valence-corrected chi connectivity index (χ3v) is 3.91. The van der Waals surface area contributed by atoms with Crippen molar-refractivity contribution in [2.75, 3.05) is 18.5 Å². The average molecular weight is 357 g/mol. The predicted octanol–water partition coefficient (Wildman–Crippen LogP) is 2.84. The molecule has 114 valence electrons. The van der Waals surface area contributed by atoms with Crippen LogP contribution in [0.1, 0.15) is 29.6 Å². The van der Waals surface area contributed by atoms with Crippen LogP contribution in [-0.2, 0) is 4.74 Å². The lowest BCUT2D eigenvalue weighted by molar-refractivity contribution is 0.0187. The van der Waals surface area contributed by atoms with Crippen LogP contribution in [0.25, 0.3) is 0 Å². The number of para-hydroxylation sites is 1. The molecule has 2 amide bonds. The first kappa shape index (κ1) is 15.8. The smallest absolute Gasteiger partial charge is 0.337 e. The zero-order valence-corrected chi connectivity index (χ0v) is 13.0. The fourth-order valence-electron chi connectivity index (χ4n) is 2.16. The van der Waals surface area contributed by atoms with Crippen LogP contribution in [0.3, 0.4) is 0 Å². The molecule has 0 saturated carbocycles. The summed E-state index contributed by atoms with van der Waals surface area (Å²) >= 11 is 3.24. The van der Waals surface area contributed by atoms with Gasteiger partial charge >= 0.3 is 12.0 Å². The van der Waals surface area contributed by atoms with E-state index in [4.69, 9.17) is 9.84 Å². The van der Waals surface area contributed by atoms with Gasteiger partial charge in [-0.3, -0.25) is 0 Å². The highest BCUT2D eigenvalue weighted by molar-refractivity contribution is 9.10. The Morgan fingerprint density at radius 1 is 1.38 bits per heavy atom. The summed E-state index contributed by atoms with van der Waals surface area (Å²) in [5, 5.41) is 14.4. The summed E-state index contributed by atoms with van der Waals surface area (Å²) < 4.78 is 6.04. The molecule has 0 aromatic heterocycles. The fourth-order valence-corrected chi connectivity index (χ4v) is 2.63. The monoisotopic (exact) mass is 356 g/mol. The first-order chi connectivity index (χ1) is 10.1. The molecule has 1 aliphatic heterocycles. The number of benzene rings is 1. The Hall–Kier alpha value is -1.60. The molecule has 1 unspecified atom stereocenters. The van der Waals surface area contributed by atoms with Gasteiger partial charge in [-0.1, -0.05) is 6.07 Å². The number of urea groups is 1. The quantitative estimate of drug-likeness (QED) is 0.773. The second-order valence-corrected chi connectivity index (χ2v) is 5.65. The standard InChI is InChI=1S/C14H17BrN2O4/c15-11-6-3-5-10(13(18)19)12(11)17-14(20)16-8-9-4-1-2-7-21-9/h3,5-6,9H,1-2,4,7-8H2,(H,18,19)(H2,16,17,20). The van der Waals surface area contributed by atoms with Gasteiger partial charge in [-0.25, -0.2) is 9.59 Å². The van der Waals surface area contributed by atoms with Crippen molar-refractivity contribution in [3.63, 3.8) is 0 Å². The van der Waals surface area contributed by atoms with Gasteiger partial charge in [0, 0.05) is 17.6 Å². The summed E-state index contributed by atoms with van der Waals surface area (Å²) in [6, 6.07) is 4.27. The number of carbonyl (C=O) groups is 2. The third kappa shape index (κ3) is 4.44. The minimum atomic E-state index is -1.10. The number of carbonyl (C=O) groups excluding carboxylic acids is 1. The number of halogens is 1. The lowest BCUT2D eigenvalue weighted by Gasteiger charge is -2.22. The van der Waals surface area contributed by atoms with Crippen LogP contribution in [0.5, 0.6) is 0 Å². The molecule has 1 heterocycles. The summed E-state index contributed by atoms with van der Waals surface area (Å²) in [5.74, 6) is -1.10. The van der Waals surface area contributed by atoms with Crippen LogP contribution in [0.2, 0.25) is 0 Å². The van der Waals surface area contributed by atoms with Gasteiger partial charge in [-0.15, -0.1) is 0 Å². The number of nitrogens with one attached hydrogen (secondary N) is 2. The maximum absolute atomic E-state index is 11.9. The lowest BCUT2D eigenvalue weighted by atomic mass is 10.1. The van der Waals surface area contributed by atoms with Gasteiger partial charge in [0.25, 0.3) is 0 Å². The molecule has 0 spiro atoms. The van der Waals surface area contributed by atoms with E-state index in [1.54, 1.807) is 12.1 Å². The Bertz CT molecular complexity index is 530. The maximum Gasteiger partial charge on any atom is 0.337 e. The van der Waals surface area contributed by atoms with Crippen LogP contribution < -0.4 is 10.6 Å². The van der Waals surface area contributed by atoms with Crippen molar-refractivity contribution >= 4 is 33.6 Å². The molecule has 0 bridgehead atoms. The molecule has 21 heavy (non-hydrogen) atoms. The van der Waals surface area contributed by atoms with Crippen molar-refractivity contribution in [3.8, 4) is 0 Å². The van der Waals surface area contributed by atoms with E-state index in [-0.39, 0.29) is 17.4 Å². The number of carboxylic acid groups (broad SMARTS) is 1. The molecule has 1 aromatic rings. The Kier molecular flexibility index (Phi) is 5.58. The van der Waals surface area contributed by atoms with Crippen LogP contribution >= 0.6 is 15.9 Å². The molecular weight excluding hydrogens is 340 g/mol. The average Bonchev–Trinajstić information content (AvgIpc) is 2.48. The lowest BCUT2D eigenvalue weighted by Crippen LogP contribution is -2.38. The van der Waals surface area contributed by atoms with E-state index in [2.05, 4.69) is 26.6 Å². The molecule has 1 atom stereocenters. The summed E-state index contributed by atoms with van der Waals surface area (Å²) in [7, 11) is 0. The molecular formula is C14H17BrN2O4. The number of amides is 2. The second-order valence-electron chi connectivity index (χ2n) is 4.79. The molecule has 1 saturated heterocycles. The number of rotatable bonds is 4. The zero-order valence-electron chi connectivity index (χ0n) is 11.4.